The van der Waals surface area contributed by atoms with Gasteiger partial charge in [-0.2, -0.15) is 0 Å². The minimum Gasteiger partial charge on any atom is -0.449 e. The van der Waals surface area contributed by atoms with Crippen molar-refractivity contribution in [1.29, 1.82) is 0 Å². The molecule has 2 N–H and O–H groups in total. The van der Waals surface area contributed by atoms with Gasteiger partial charge in [0.05, 0.1) is 13.2 Å². The summed E-state index contributed by atoms with van der Waals surface area (Å²) < 4.78 is 10.6. The SMILES string of the molecule is CCCCCCCCCOC(=O)Nc1ccc(C)c(NC(=O)OCCCCCCCCC)c1. The van der Waals surface area contributed by atoms with Gasteiger partial charge >= 0.3 is 12.2 Å². The van der Waals surface area contributed by atoms with Gasteiger partial charge in [-0.05, 0) is 37.5 Å². The number of hydrogen-bond acceptors (Lipinski definition) is 4. The van der Waals surface area contributed by atoms with Crippen LogP contribution in [0, 0.1) is 6.92 Å². The number of rotatable bonds is 18. The average Bonchev–Trinajstić information content (AvgIpc) is 2.79. The minimum atomic E-state index is -0.475. The number of carbonyl (C=O) groups excluding carboxylic acids is 2. The quantitative estimate of drug-likeness (QED) is 0.214. The van der Waals surface area contributed by atoms with Gasteiger partial charge in [0.25, 0.3) is 0 Å². The Balaban J connectivity index is 2.25. The number of anilines is 2. The molecule has 33 heavy (non-hydrogen) atoms. The Morgan fingerprint density at radius 2 is 1.12 bits per heavy atom. The number of aryl methyl sites for hydroxylation is 1. The first-order valence-electron chi connectivity index (χ1n) is 13.0. The lowest BCUT2D eigenvalue weighted by Crippen LogP contribution is -2.17. The van der Waals surface area contributed by atoms with Gasteiger partial charge in [0.1, 0.15) is 0 Å². The third-order valence-electron chi connectivity index (χ3n) is 5.68. The molecule has 188 valence electrons. The van der Waals surface area contributed by atoms with Gasteiger partial charge < -0.3 is 9.47 Å². The van der Waals surface area contributed by atoms with E-state index >= 15 is 0 Å². The van der Waals surface area contributed by atoms with Gasteiger partial charge in [0.15, 0.2) is 0 Å². The van der Waals surface area contributed by atoms with Crippen LogP contribution in [0.5, 0.6) is 0 Å². The molecule has 0 heterocycles. The second kappa shape index (κ2) is 19.2. The van der Waals surface area contributed by atoms with E-state index in [1.807, 2.05) is 13.0 Å². The zero-order valence-electron chi connectivity index (χ0n) is 21.2. The first-order valence-corrected chi connectivity index (χ1v) is 13.0. The molecular formula is C27H46N2O4. The van der Waals surface area contributed by atoms with Crippen LogP contribution in [0.3, 0.4) is 0 Å². The van der Waals surface area contributed by atoms with Crippen molar-refractivity contribution in [2.45, 2.75) is 111 Å². The molecule has 0 radical (unpaired) electrons. The van der Waals surface area contributed by atoms with Crippen LogP contribution in [0.25, 0.3) is 0 Å². The largest absolute Gasteiger partial charge is 0.449 e. The highest BCUT2D eigenvalue weighted by atomic mass is 16.6. The topological polar surface area (TPSA) is 76.7 Å². The molecule has 1 aromatic rings. The van der Waals surface area contributed by atoms with Gasteiger partial charge in [-0.1, -0.05) is 97.0 Å². The number of amides is 2. The highest BCUT2D eigenvalue weighted by molar-refractivity contribution is 5.89. The molecule has 0 aromatic heterocycles. The molecule has 0 spiro atoms. The Hall–Kier alpha value is -2.24. The van der Waals surface area contributed by atoms with Crippen LogP contribution in [0.1, 0.15) is 109 Å². The number of unbranched alkanes of at least 4 members (excludes halogenated alkanes) is 12. The van der Waals surface area contributed by atoms with Crippen molar-refractivity contribution in [2.75, 3.05) is 23.8 Å². The molecule has 1 rings (SSSR count). The zero-order valence-corrected chi connectivity index (χ0v) is 21.2. The molecule has 0 bridgehead atoms. The smallest absolute Gasteiger partial charge is 0.411 e. The lowest BCUT2D eigenvalue weighted by Gasteiger charge is -2.12. The molecule has 0 aliphatic heterocycles. The van der Waals surface area contributed by atoms with Crippen LogP contribution in [0.4, 0.5) is 21.0 Å². The van der Waals surface area contributed by atoms with E-state index in [1.54, 1.807) is 12.1 Å². The fraction of sp³-hybridized carbons (Fsp3) is 0.704. The third kappa shape index (κ3) is 15.3. The molecule has 0 unspecified atom stereocenters. The molecule has 0 aliphatic carbocycles. The normalized spacial score (nSPS) is 10.6. The number of ether oxygens (including phenoxy) is 2. The number of benzene rings is 1. The Morgan fingerprint density at radius 1 is 0.667 bits per heavy atom. The fourth-order valence-electron chi connectivity index (χ4n) is 3.58. The van der Waals surface area contributed by atoms with Gasteiger partial charge in [-0.3, -0.25) is 10.6 Å². The van der Waals surface area contributed by atoms with Crippen molar-refractivity contribution < 1.29 is 19.1 Å². The van der Waals surface area contributed by atoms with E-state index in [0.717, 1.165) is 31.2 Å². The first kappa shape index (κ1) is 28.8. The van der Waals surface area contributed by atoms with Crippen molar-refractivity contribution in [2.24, 2.45) is 0 Å². The molecule has 0 saturated heterocycles. The van der Waals surface area contributed by atoms with Gasteiger partial charge in [-0.25, -0.2) is 9.59 Å². The summed E-state index contributed by atoms with van der Waals surface area (Å²) in [6.45, 7) is 7.16. The molecular weight excluding hydrogens is 416 g/mol. The van der Waals surface area contributed by atoms with Crippen LogP contribution in [0.2, 0.25) is 0 Å². The van der Waals surface area contributed by atoms with Gasteiger partial charge in [-0.15, -0.1) is 0 Å². The molecule has 2 amide bonds. The van der Waals surface area contributed by atoms with E-state index < -0.39 is 12.2 Å². The van der Waals surface area contributed by atoms with E-state index in [-0.39, 0.29) is 0 Å². The van der Waals surface area contributed by atoms with E-state index in [2.05, 4.69) is 24.5 Å². The second-order valence-electron chi connectivity index (χ2n) is 8.79. The van der Waals surface area contributed by atoms with Crippen LogP contribution >= 0.6 is 0 Å². The van der Waals surface area contributed by atoms with Crippen molar-refractivity contribution in [1.82, 2.24) is 0 Å². The van der Waals surface area contributed by atoms with E-state index in [4.69, 9.17) is 9.47 Å². The number of nitrogens with one attached hydrogen (secondary N) is 2. The predicted octanol–water partition coefficient (Wildman–Crippen LogP) is 8.59. The van der Waals surface area contributed by atoms with E-state index in [0.29, 0.717) is 24.6 Å². The lowest BCUT2D eigenvalue weighted by atomic mass is 10.1. The maximum Gasteiger partial charge on any atom is 0.411 e. The van der Waals surface area contributed by atoms with Crippen LogP contribution in [0.15, 0.2) is 18.2 Å². The van der Waals surface area contributed by atoms with E-state index in [1.165, 1.54) is 64.2 Å². The van der Waals surface area contributed by atoms with E-state index in [9.17, 15) is 9.59 Å². The molecule has 6 heteroatoms. The average molecular weight is 463 g/mol. The molecule has 0 fully saturated rings. The zero-order chi connectivity index (χ0) is 24.2. The molecule has 6 nitrogen and oxygen atoms in total. The summed E-state index contributed by atoms with van der Waals surface area (Å²) >= 11 is 0. The van der Waals surface area contributed by atoms with Gasteiger partial charge in [0.2, 0.25) is 0 Å². The standard InChI is InChI=1S/C27H46N2O4/c1-4-6-8-10-12-14-16-20-32-26(30)28-24-19-18-23(3)25(22-24)29-27(31)33-21-17-15-13-11-9-7-5-2/h18-19,22H,4-17,20-21H2,1-3H3,(H,28,30)(H,29,31). The van der Waals surface area contributed by atoms with Crippen LogP contribution in [-0.4, -0.2) is 25.4 Å². The Bertz CT molecular complexity index is 664. The summed E-state index contributed by atoms with van der Waals surface area (Å²) in [6.07, 6.45) is 15.5. The summed E-state index contributed by atoms with van der Waals surface area (Å²) in [5, 5.41) is 5.50. The van der Waals surface area contributed by atoms with Gasteiger partial charge in [0, 0.05) is 11.4 Å². The summed E-state index contributed by atoms with van der Waals surface area (Å²) in [5.41, 5.74) is 2.09. The van der Waals surface area contributed by atoms with Crippen molar-refractivity contribution in [3.8, 4) is 0 Å². The Kier molecular flexibility index (Phi) is 16.8. The van der Waals surface area contributed by atoms with Crippen LogP contribution in [-0.2, 0) is 9.47 Å². The third-order valence-corrected chi connectivity index (χ3v) is 5.68. The maximum absolute atomic E-state index is 12.1. The predicted molar refractivity (Wildman–Crippen MR) is 137 cm³/mol. The highest BCUT2D eigenvalue weighted by Gasteiger charge is 2.09. The maximum atomic E-state index is 12.1. The van der Waals surface area contributed by atoms with Crippen molar-refractivity contribution in [3.63, 3.8) is 0 Å². The Labute approximate surface area is 201 Å². The van der Waals surface area contributed by atoms with Crippen molar-refractivity contribution in [3.05, 3.63) is 23.8 Å². The highest BCUT2D eigenvalue weighted by Crippen LogP contribution is 2.21. The summed E-state index contributed by atoms with van der Waals surface area (Å²) in [4.78, 5) is 24.2. The second-order valence-corrected chi connectivity index (χ2v) is 8.79. The minimum absolute atomic E-state index is 0.418. The fourth-order valence-corrected chi connectivity index (χ4v) is 3.58. The monoisotopic (exact) mass is 462 g/mol. The summed E-state index contributed by atoms with van der Waals surface area (Å²) in [7, 11) is 0. The van der Waals surface area contributed by atoms with Crippen molar-refractivity contribution >= 4 is 23.6 Å². The molecule has 1 aromatic carbocycles. The summed E-state index contributed by atoms with van der Waals surface area (Å²) in [5.74, 6) is 0. The first-order chi connectivity index (χ1) is 16.1. The Morgan fingerprint density at radius 3 is 1.64 bits per heavy atom. The van der Waals surface area contributed by atoms with Crippen LogP contribution < -0.4 is 10.6 Å². The molecule has 0 atom stereocenters. The number of hydrogen-bond donors (Lipinski definition) is 2. The number of carbonyl (C=O) groups is 2. The molecule has 0 saturated carbocycles. The lowest BCUT2D eigenvalue weighted by molar-refractivity contribution is 0.158. The summed E-state index contributed by atoms with van der Waals surface area (Å²) in [6, 6.07) is 5.36. The molecule has 0 aliphatic rings.